The smallest absolute Gasteiger partial charge is 0.335 e. The number of carboxylic acid groups (broad SMARTS) is 1. The number of rotatable bonds is 6. The highest BCUT2D eigenvalue weighted by Crippen LogP contribution is 2.07. The van der Waals surface area contributed by atoms with Crippen molar-refractivity contribution in [3.63, 3.8) is 0 Å². The van der Waals surface area contributed by atoms with Gasteiger partial charge in [0.1, 0.15) is 0 Å². The molecular formula is C17H17N3O3. The molecule has 23 heavy (non-hydrogen) atoms. The van der Waals surface area contributed by atoms with Crippen molar-refractivity contribution in [3.05, 3.63) is 65.2 Å². The number of hydrogen-bond acceptors (Lipinski definition) is 4. The van der Waals surface area contributed by atoms with E-state index in [2.05, 4.69) is 15.8 Å². The third kappa shape index (κ3) is 5.28. The molecule has 0 unspecified atom stereocenters. The third-order valence-electron chi connectivity index (χ3n) is 3.07. The lowest BCUT2D eigenvalue weighted by atomic mass is 10.1. The number of hydrogen-bond donors (Lipinski definition) is 3. The molecule has 0 aromatic heterocycles. The third-order valence-corrected chi connectivity index (χ3v) is 3.07. The summed E-state index contributed by atoms with van der Waals surface area (Å²) < 4.78 is 0. The Kier molecular flexibility index (Phi) is 5.46. The lowest BCUT2D eigenvalue weighted by Gasteiger charge is -2.05. The minimum absolute atomic E-state index is 0.109. The zero-order chi connectivity index (χ0) is 16.7. The summed E-state index contributed by atoms with van der Waals surface area (Å²) in [6.45, 7) is 2.10. The van der Waals surface area contributed by atoms with Crippen LogP contribution in [0.4, 0.5) is 5.69 Å². The zero-order valence-electron chi connectivity index (χ0n) is 12.6. The number of benzene rings is 2. The topological polar surface area (TPSA) is 90.8 Å². The summed E-state index contributed by atoms with van der Waals surface area (Å²) in [5, 5.41) is 15.6. The standard InChI is InChI=1S/C17H17N3O3/c1-12-2-8-15(9-3-12)18-11-16(21)20-19-10-13-4-6-14(7-5-13)17(22)23/h2-10,18H,11H2,1H3,(H,20,21)(H,22,23). The van der Waals surface area contributed by atoms with Crippen LogP contribution in [0.3, 0.4) is 0 Å². The van der Waals surface area contributed by atoms with Gasteiger partial charge < -0.3 is 10.4 Å². The molecule has 6 nitrogen and oxygen atoms in total. The van der Waals surface area contributed by atoms with Crippen LogP contribution in [-0.4, -0.2) is 29.7 Å². The largest absolute Gasteiger partial charge is 0.478 e. The summed E-state index contributed by atoms with van der Waals surface area (Å²) in [6.07, 6.45) is 1.45. The molecule has 1 amide bonds. The second kappa shape index (κ2) is 7.74. The van der Waals surface area contributed by atoms with Crippen LogP contribution in [0, 0.1) is 6.92 Å². The van der Waals surface area contributed by atoms with Gasteiger partial charge >= 0.3 is 5.97 Å². The molecule has 2 rings (SSSR count). The van der Waals surface area contributed by atoms with E-state index in [1.165, 1.54) is 18.3 Å². The summed E-state index contributed by atoms with van der Waals surface area (Å²) in [4.78, 5) is 22.4. The molecule has 0 bridgehead atoms. The van der Waals surface area contributed by atoms with Gasteiger partial charge in [0.05, 0.1) is 18.3 Å². The number of nitrogens with zero attached hydrogens (tertiary/aromatic N) is 1. The maximum atomic E-state index is 11.7. The number of aryl methyl sites for hydroxylation is 1. The van der Waals surface area contributed by atoms with Crippen LogP contribution < -0.4 is 10.7 Å². The first kappa shape index (κ1) is 16.2. The molecule has 0 atom stereocenters. The number of amides is 1. The fourth-order valence-corrected chi connectivity index (χ4v) is 1.78. The van der Waals surface area contributed by atoms with Crippen molar-refractivity contribution in [2.45, 2.75) is 6.92 Å². The van der Waals surface area contributed by atoms with E-state index in [9.17, 15) is 9.59 Å². The van der Waals surface area contributed by atoms with Gasteiger partial charge in [0.2, 0.25) is 0 Å². The number of carbonyl (C=O) groups excluding carboxylic acids is 1. The number of nitrogens with one attached hydrogen (secondary N) is 2. The molecule has 0 radical (unpaired) electrons. The molecule has 0 fully saturated rings. The molecule has 0 aliphatic rings. The predicted octanol–water partition coefficient (Wildman–Crippen LogP) is 2.26. The number of aromatic carboxylic acids is 1. The summed E-state index contributed by atoms with van der Waals surface area (Å²) >= 11 is 0. The van der Waals surface area contributed by atoms with Gasteiger partial charge in [0, 0.05) is 5.69 Å². The molecule has 0 heterocycles. The first-order chi connectivity index (χ1) is 11.0. The normalized spacial score (nSPS) is 10.5. The average molecular weight is 311 g/mol. The fourth-order valence-electron chi connectivity index (χ4n) is 1.78. The van der Waals surface area contributed by atoms with Crippen LogP contribution in [-0.2, 0) is 4.79 Å². The van der Waals surface area contributed by atoms with E-state index in [0.717, 1.165) is 11.3 Å². The van der Waals surface area contributed by atoms with Gasteiger partial charge in [0.25, 0.3) is 5.91 Å². The summed E-state index contributed by atoms with van der Waals surface area (Å²) in [7, 11) is 0. The first-order valence-electron chi connectivity index (χ1n) is 7.00. The van der Waals surface area contributed by atoms with Crippen LogP contribution in [0.1, 0.15) is 21.5 Å². The van der Waals surface area contributed by atoms with Crippen LogP contribution in [0.15, 0.2) is 53.6 Å². The van der Waals surface area contributed by atoms with Crippen molar-refractivity contribution in [1.29, 1.82) is 0 Å². The molecule has 2 aromatic rings. The monoisotopic (exact) mass is 311 g/mol. The molecule has 118 valence electrons. The van der Waals surface area contributed by atoms with E-state index in [4.69, 9.17) is 5.11 Å². The lowest BCUT2D eigenvalue weighted by Crippen LogP contribution is -2.25. The highest BCUT2D eigenvalue weighted by molar-refractivity contribution is 5.89. The molecule has 0 aliphatic heterocycles. The summed E-state index contributed by atoms with van der Waals surface area (Å²) in [5.41, 5.74) is 5.31. The quantitative estimate of drug-likeness (QED) is 0.564. The Balaban J connectivity index is 1.79. The Bertz CT molecular complexity index is 707. The molecule has 3 N–H and O–H groups in total. The Morgan fingerprint density at radius 1 is 1.09 bits per heavy atom. The van der Waals surface area contributed by atoms with Gasteiger partial charge in [-0.05, 0) is 36.8 Å². The minimum Gasteiger partial charge on any atom is -0.478 e. The molecule has 2 aromatic carbocycles. The van der Waals surface area contributed by atoms with E-state index in [1.54, 1.807) is 12.1 Å². The second-order valence-corrected chi connectivity index (χ2v) is 4.94. The predicted molar refractivity (Wildman–Crippen MR) is 88.8 cm³/mol. The van der Waals surface area contributed by atoms with Crippen LogP contribution in [0.5, 0.6) is 0 Å². The van der Waals surface area contributed by atoms with E-state index in [0.29, 0.717) is 5.56 Å². The van der Waals surface area contributed by atoms with Crippen molar-refractivity contribution in [2.24, 2.45) is 5.10 Å². The van der Waals surface area contributed by atoms with Crippen LogP contribution in [0.2, 0.25) is 0 Å². The number of hydrazone groups is 1. The molecule has 0 aliphatic carbocycles. The first-order valence-corrected chi connectivity index (χ1v) is 7.00. The van der Waals surface area contributed by atoms with Crippen molar-refractivity contribution < 1.29 is 14.7 Å². The molecule has 0 saturated heterocycles. The van der Waals surface area contributed by atoms with E-state index < -0.39 is 5.97 Å². The molecule has 0 saturated carbocycles. The second-order valence-electron chi connectivity index (χ2n) is 4.94. The Hall–Kier alpha value is -3.15. The number of carbonyl (C=O) groups is 2. The zero-order valence-corrected chi connectivity index (χ0v) is 12.6. The maximum Gasteiger partial charge on any atom is 0.335 e. The molecule has 6 heteroatoms. The van der Waals surface area contributed by atoms with Gasteiger partial charge in [-0.2, -0.15) is 5.10 Å². The Morgan fingerprint density at radius 3 is 2.35 bits per heavy atom. The number of anilines is 1. The molecule has 0 spiro atoms. The van der Waals surface area contributed by atoms with Crippen molar-refractivity contribution in [2.75, 3.05) is 11.9 Å². The maximum absolute atomic E-state index is 11.7. The Labute approximate surface area is 133 Å². The van der Waals surface area contributed by atoms with Crippen molar-refractivity contribution in [3.8, 4) is 0 Å². The van der Waals surface area contributed by atoms with E-state index >= 15 is 0 Å². The average Bonchev–Trinajstić information content (AvgIpc) is 2.55. The van der Waals surface area contributed by atoms with Gasteiger partial charge in [-0.25, -0.2) is 10.2 Å². The Morgan fingerprint density at radius 2 is 1.74 bits per heavy atom. The van der Waals surface area contributed by atoms with Gasteiger partial charge in [-0.3, -0.25) is 4.79 Å². The fraction of sp³-hybridized carbons (Fsp3) is 0.118. The van der Waals surface area contributed by atoms with E-state index in [-0.39, 0.29) is 18.0 Å². The number of carboxylic acids is 1. The molecular weight excluding hydrogens is 294 g/mol. The van der Waals surface area contributed by atoms with Gasteiger partial charge in [-0.1, -0.05) is 29.8 Å². The van der Waals surface area contributed by atoms with Gasteiger partial charge in [0.15, 0.2) is 0 Å². The van der Waals surface area contributed by atoms with Crippen LogP contribution in [0.25, 0.3) is 0 Å². The van der Waals surface area contributed by atoms with Crippen molar-refractivity contribution in [1.82, 2.24) is 5.43 Å². The lowest BCUT2D eigenvalue weighted by molar-refractivity contribution is -0.119. The summed E-state index contributed by atoms with van der Waals surface area (Å²) in [6, 6.07) is 13.9. The highest BCUT2D eigenvalue weighted by Gasteiger charge is 2.01. The van der Waals surface area contributed by atoms with Crippen molar-refractivity contribution >= 4 is 23.8 Å². The minimum atomic E-state index is -0.982. The van der Waals surface area contributed by atoms with Crippen LogP contribution >= 0.6 is 0 Å². The highest BCUT2D eigenvalue weighted by atomic mass is 16.4. The van der Waals surface area contributed by atoms with E-state index in [1.807, 2.05) is 31.2 Å². The summed E-state index contributed by atoms with van der Waals surface area (Å²) in [5.74, 6) is -1.26. The SMILES string of the molecule is Cc1ccc(NCC(=O)NN=Cc2ccc(C(=O)O)cc2)cc1. The van der Waals surface area contributed by atoms with Gasteiger partial charge in [-0.15, -0.1) is 0 Å².